The fourth-order valence-electron chi connectivity index (χ4n) is 3.10. The van der Waals surface area contributed by atoms with Gasteiger partial charge in [0.15, 0.2) is 5.82 Å². The second-order valence-corrected chi connectivity index (χ2v) is 7.21. The normalized spacial score (nSPS) is 20.5. The van der Waals surface area contributed by atoms with Crippen LogP contribution in [0.3, 0.4) is 0 Å². The Labute approximate surface area is 160 Å². The summed E-state index contributed by atoms with van der Waals surface area (Å²) >= 11 is 0. The monoisotopic (exact) mass is 397 g/mol. The number of carbonyl (C=O) groups is 1. The van der Waals surface area contributed by atoms with Crippen LogP contribution in [0, 0.1) is 0 Å². The molecule has 7 nitrogen and oxygen atoms in total. The van der Waals surface area contributed by atoms with E-state index in [0.717, 1.165) is 12.1 Å². The van der Waals surface area contributed by atoms with E-state index in [1.807, 2.05) is 25.8 Å². The molecule has 2 atom stereocenters. The van der Waals surface area contributed by atoms with Gasteiger partial charge < -0.3 is 15.2 Å². The van der Waals surface area contributed by atoms with Crippen molar-refractivity contribution < 1.29 is 22.5 Å². The van der Waals surface area contributed by atoms with Gasteiger partial charge in [0.05, 0.1) is 11.6 Å². The van der Waals surface area contributed by atoms with Crippen molar-refractivity contribution in [3.8, 4) is 0 Å². The fourth-order valence-corrected chi connectivity index (χ4v) is 3.10. The first-order valence-electron chi connectivity index (χ1n) is 8.92. The van der Waals surface area contributed by atoms with E-state index in [4.69, 9.17) is 4.52 Å². The number of alkyl halides is 3. The third kappa shape index (κ3) is 4.61. The lowest BCUT2D eigenvalue weighted by Gasteiger charge is -2.14. The topological polar surface area (TPSA) is 83.3 Å². The number of halogens is 3. The summed E-state index contributed by atoms with van der Waals surface area (Å²) in [6, 6.07) is 3.56. The van der Waals surface area contributed by atoms with Crippen LogP contribution in [0.2, 0.25) is 0 Å². The summed E-state index contributed by atoms with van der Waals surface area (Å²) in [5.74, 6) is 1.31. The van der Waals surface area contributed by atoms with Crippen LogP contribution in [0.15, 0.2) is 28.8 Å². The molecule has 2 amide bonds. The number of hydrogen-bond donors (Lipinski definition) is 2. The molecule has 152 valence electrons. The summed E-state index contributed by atoms with van der Waals surface area (Å²) in [5.41, 5.74) is -0.481. The number of anilines is 1. The molecule has 1 fully saturated rings. The van der Waals surface area contributed by atoms with Crippen molar-refractivity contribution in [3.05, 3.63) is 41.5 Å². The molecule has 3 rings (SSSR count). The Kier molecular flexibility index (Phi) is 5.59. The quantitative estimate of drug-likeness (QED) is 0.820. The average molecular weight is 397 g/mol. The lowest BCUT2D eigenvalue weighted by Crippen LogP contribution is -2.39. The number of likely N-dealkylation sites (tertiary alicyclic amines) is 1. The van der Waals surface area contributed by atoms with Crippen LogP contribution < -0.4 is 10.6 Å². The molecular weight excluding hydrogens is 375 g/mol. The van der Waals surface area contributed by atoms with Crippen LogP contribution in [-0.4, -0.2) is 40.7 Å². The van der Waals surface area contributed by atoms with Crippen molar-refractivity contribution >= 4 is 11.7 Å². The van der Waals surface area contributed by atoms with Gasteiger partial charge in [-0.05, 0) is 37.7 Å². The number of rotatable bonds is 4. The molecule has 0 aliphatic carbocycles. The Morgan fingerprint density at radius 2 is 1.96 bits per heavy atom. The summed E-state index contributed by atoms with van der Waals surface area (Å²) in [6.07, 6.45) is -3.81. The summed E-state index contributed by atoms with van der Waals surface area (Å²) in [6.45, 7) is 4.54. The molecule has 0 saturated carbocycles. The molecule has 1 aromatic carbocycles. The zero-order valence-electron chi connectivity index (χ0n) is 15.7. The average Bonchev–Trinajstić information content (AvgIpc) is 3.21. The van der Waals surface area contributed by atoms with Gasteiger partial charge in [0.2, 0.25) is 5.89 Å². The van der Waals surface area contributed by atoms with Crippen LogP contribution in [0.5, 0.6) is 0 Å². The van der Waals surface area contributed by atoms with Gasteiger partial charge in [0.25, 0.3) is 0 Å². The molecule has 2 heterocycles. The van der Waals surface area contributed by atoms with E-state index in [2.05, 4.69) is 20.8 Å². The van der Waals surface area contributed by atoms with Crippen molar-refractivity contribution in [3.63, 3.8) is 0 Å². The molecule has 0 spiro atoms. The van der Waals surface area contributed by atoms with E-state index < -0.39 is 17.8 Å². The fraction of sp³-hybridized carbons (Fsp3) is 0.500. The van der Waals surface area contributed by atoms with Gasteiger partial charge in [-0.1, -0.05) is 19.0 Å². The minimum absolute atomic E-state index is 0.101. The van der Waals surface area contributed by atoms with Crippen molar-refractivity contribution in [1.82, 2.24) is 20.4 Å². The summed E-state index contributed by atoms with van der Waals surface area (Å²) in [7, 11) is 1.90. The first kappa shape index (κ1) is 20.1. The van der Waals surface area contributed by atoms with Gasteiger partial charge in [-0.15, -0.1) is 0 Å². The second kappa shape index (κ2) is 7.78. The Hall–Kier alpha value is -2.62. The smallest absolute Gasteiger partial charge is 0.338 e. The first-order chi connectivity index (χ1) is 13.1. The van der Waals surface area contributed by atoms with E-state index in [0.29, 0.717) is 24.7 Å². The Morgan fingerprint density at radius 3 is 2.54 bits per heavy atom. The summed E-state index contributed by atoms with van der Waals surface area (Å²) < 4.78 is 43.1. The predicted octanol–water partition coefficient (Wildman–Crippen LogP) is 3.78. The summed E-state index contributed by atoms with van der Waals surface area (Å²) in [4.78, 5) is 18.6. The molecule has 1 saturated heterocycles. The van der Waals surface area contributed by atoms with Gasteiger partial charge >= 0.3 is 12.2 Å². The highest BCUT2D eigenvalue weighted by Gasteiger charge is 2.35. The van der Waals surface area contributed by atoms with Crippen LogP contribution >= 0.6 is 0 Å². The molecule has 2 aromatic rings. The first-order valence-corrected chi connectivity index (χ1v) is 8.92. The molecule has 0 radical (unpaired) electrons. The SMILES string of the molecule is CC(C)c1noc([C@H]2C[C@H](NC(=O)Nc3ccc(C(F)(F)F)cc3)CN2C)n1. The maximum absolute atomic E-state index is 12.6. The molecule has 2 N–H and O–H groups in total. The standard InChI is InChI=1S/C18H22F3N5O2/c1-10(2)15-24-16(28-25-15)14-8-13(9-26(14)3)23-17(27)22-12-6-4-11(5-7-12)18(19,20)21/h4-7,10,13-14H,8-9H2,1-3H3,(H2,22,23,27)/t13-,14+/m0/s1. The maximum atomic E-state index is 12.6. The molecule has 1 aromatic heterocycles. The van der Waals surface area contributed by atoms with Crippen LogP contribution in [-0.2, 0) is 6.18 Å². The van der Waals surface area contributed by atoms with Crippen molar-refractivity contribution in [2.75, 3.05) is 18.9 Å². The van der Waals surface area contributed by atoms with E-state index in [1.165, 1.54) is 12.1 Å². The lowest BCUT2D eigenvalue weighted by atomic mass is 10.1. The van der Waals surface area contributed by atoms with E-state index >= 15 is 0 Å². The molecule has 1 aliphatic heterocycles. The molecule has 28 heavy (non-hydrogen) atoms. The van der Waals surface area contributed by atoms with Crippen molar-refractivity contribution in [2.45, 2.75) is 44.4 Å². The van der Waals surface area contributed by atoms with Gasteiger partial charge in [-0.2, -0.15) is 18.2 Å². The van der Waals surface area contributed by atoms with Crippen LogP contribution in [0.1, 0.15) is 49.5 Å². The van der Waals surface area contributed by atoms with Gasteiger partial charge in [-0.25, -0.2) is 4.79 Å². The number of urea groups is 1. The highest BCUT2D eigenvalue weighted by molar-refractivity contribution is 5.89. The van der Waals surface area contributed by atoms with Crippen molar-refractivity contribution in [1.29, 1.82) is 0 Å². The molecule has 1 aliphatic rings. The van der Waals surface area contributed by atoms with Crippen molar-refractivity contribution in [2.24, 2.45) is 0 Å². The minimum atomic E-state index is -4.41. The third-order valence-electron chi connectivity index (χ3n) is 4.61. The Bertz CT molecular complexity index is 819. The predicted molar refractivity (Wildman–Crippen MR) is 95.8 cm³/mol. The molecular formula is C18H22F3N5O2. The minimum Gasteiger partial charge on any atom is -0.338 e. The lowest BCUT2D eigenvalue weighted by molar-refractivity contribution is -0.137. The third-order valence-corrected chi connectivity index (χ3v) is 4.61. The number of nitrogens with one attached hydrogen (secondary N) is 2. The number of carbonyl (C=O) groups excluding carboxylic acids is 1. The summed E-state index contributed by atoms with van der Waals surface area (Å²) in [5, 5.41) is 9.35. The molecule has 0 unspecified atom stereocenters. The molecule has 0 bridgehead atoms. The number of likely N-dealkylation sites (N-methyl/N-ethyl adjacent to an activating group) is 1. The van der Waals surface area contributed by atoms with E-state index in [1.54, 1.807) is 0 Å². The number of aromatic nitrogens is 2. The number of amides is 2. The second-order valence-electron chi connectivity index (χ2n) is 7.21. The largest absolute Gasteiger partial charge is 0.416 e. The number of hydrogen-bond acceptors (Lipinski definition) is 5. The Morgan fingerprint density at radius 1 is 1.29 bits per heavy atom. The van der Waals surface area contributed by atoms with E-state index in [-0.39, 0.29) is 23.7 Å². The Balaban J connectivity index is 1.56. The van der Waals surface area contributed by atoms with Gasteiger partial charge in [-0.3, -0.25) is 4.90 Å². The highest BCUT2D eigenvalue weighted by Crippen LogP contribution is 2.31. The van der Waals surface area contributed by atoms with Crippen LogP contribution in [0.25, 0.3) is 0 Å². The number of nitrogens with zero attached hydrogens (tertiary/aromatic N) is 3. The van der Waals surface area contributed by atoms with E-state index in [9.17, 15) is 18.0 Å². The zero-order valence-corrected chi connectivity index (χ0v) is 15.7. The van der Waals surface area contributed by atoms with Crippen LogP contribution in [0.4, 0.5) is 23.7 Å². The van der Waals surface area contributed by atoms with Gasteiger partial charge in [0, 0.05) is 24.2 Å². The zero-order chi connectivity index (χ0) is 20.5. The number of benzene rings is 1. The maximum Gasteiger partial charge on any atom is 0.416 e. The molecule has 10 heteroatoms. The van der Waals surface area contributed by atoms with Gasteiger partial charge in [0.1, 0.15) is 0 Å². The highest BCUT2D eigenvalue weighted by atomic mass is 19.4.